The van der Waals surface area contributed by atoms with E-state index in [1.165, 1.54) is 42.4 Å². The fourth-order valence-corrected chi connectivity index (χ4v) is 3.38. The molecule has 1 aromatic rings. The lowest BCUT2D eigenvalue weighted by atomic mass is 9.74. The van der Waals surface area contributed by atoms with E-state index >= 15 is 0 Å². The second kappa shape index (κ2) is 7.73. The van der Waals surface area contributed by atoms with Crippen LogP contribution in [0.25, 0.3) is 0 Å². The van der Waals surface area contributed by atoms with Crippen LogP contribution in [-0.2, 0) is 23.7 Å². The molecule has 23 heavy (non-hydrogen) atoms. The Labute approximate surface area is 144 Å². The zero-order chi connectivity index (χ0) is 17.8. The topological polar surface area (TPSA) is 20.2 Å². The smallest absolute Gasteiger partial charge is 0.123 e. The third-order valence-corrected chi connectivity index (χ3v) is 4.64. The van der Waals surface area contributed by atoms with Crippen molar-refractivity contribution >= 4 is 0 Å². The maximum absolute atomic E-state index is 11.1. The fourth-order valence-electron chi connectivity index (χ4n) is 3.38. The van der Waals surface area contributed by atoms with Gasteiger partial charge in [-0.3, -0.25) is 0 Å². The molecule has 1 aromatic carbocycles. The van der Waals surface area contributed by atoms with Crippen LogP contribution in [0.2, 0.25) is 0 Å². The molecule has 0 saturated heterocycles. The molecular weight excluding hydrogens is 280 g/mol. The predicted octanol–water partition coefficient (Wildman–Crippen LogP) is 6.67. The van der Waals surface area contributed by atoms with Crippen LogP contribution in [0.4, 0.5) is 0 Å². The van der Waals surface area contributed by atoms with Gasteiger partial charge in [0, 0.05) is 5.56 Å². The zero-order valence-corrected chi connectivity index (χ0v) is 16.8. The van der Waals surface area contributed by atoms with Crippen LogP contribution in [-0.4, -0.2) is 5.11 Å². The van der Waals surface area contributed by atoms with Gasteiger partial charge >= 0.3 is 0 Å². The molecule has 1 heteroatoms. The lowest BCUT2D eigenvalue weighted by molar-refractivity contribution is 0.419. The number of phenolic OH excluding ortho intramolecular Hbond substituents is 1. The molecule has 0 atom stereocenters. The first-order valence-electron chi connectivity index (χ1n) is 9.42. The molecule has 1 nitrogen and oxygen atoms in total. The van der Waals surface area contributed by atoms with Gasteiger partial charge in [-0.05, 0) is 53.2 Å². The molecule has 0 aliphatic heterocycles. The molecule has 1 rings (SSSR count). The van der Waals surface area contributed by atoms with Crippen molar-refractivity contribution in [3.05, 3.63) is 28.3 Å². The number of benzene rings is 1. The molecule has 0 amide bonds. The number of hydrogen-bond acceptors (Lipinski definition) is 1. The third-order valence-electron chi connectivity index (χ3n) is 4.64. The Morgan fingerprint density at radius 2 is 1.35 bits per heavy atom. The van der Waals surface area contributed by atoms with Crippen LogP contribution < -0.4 is 0 Å². The van der Waals surface area contributed by atoms with Crippen molar-refractivity contribution < 1.29 is 5.11 Å². The average molecular weight is 319 g/mol. The van der Waals surface area contributed by atoms with E-state index in [-0.39, 0.29) is 10.8 Å². The maximum Gasteiger partial charge on any atom is 0.123 e. The standard InChI is InChI=1S/C22H38O/c1-9-11-13-16-15-18(21(3,4)5)20(23)19(22(6,7)8)17(16)14-12-10-2/h15,23H,9-14H2,1-8H3. The molecule has 0 radical (unpaired) electrons. The minimum atomic E-state index is -0.0334. The highest BCUT2D eigenvalue weighted by molar-refractivity contribution is 5.55. The first-order valence-corrected chi connectivity index (χ1v) is 9.42. The molecule has 132 valence electrons. The normalized spacial score (nSPS) is 12.7. The largest absolute Gasteiger partial charge is 0.507 e. The average Bonchev–Trinajstić information content (AvgIpc) is 2.40. The van der Waals surface area contributed by atoms with Crippen LogP contribution in [0, 0.1) is 0 Å². The molecule has 0 aliphatic carbocycles. The minimum absolute atomic E-state index is 0.0324. The number of aromatic hydroxyl groups is 1. The van der Waals surface area contributed by atoms with Crippen LogP contribution >= 0.6 is 0 Å². The molecule has 1 N–H and O–H groups in total. The first kappa shape index (κ1) is 20.1. The summed E-state index contributed by atoms with van der Waals surface area (Å²) in [6.45, 7) is 17.8. The fraction of sp³-hybridized carbons (Fsp3) is 0.727. The van der Waals surface area contributed by atoms with Crippen molar-refractivity contribution in [1.82, 2.24) is 0 Å². The highest BCUT2D eigenvalue weighted by Gasteiger charge is 2.29. The Morgan fingerprint density at radius 3 is 1.78 bits per heavy atom. The number of hydrogen-bond donors (Lipinski definition) is 1. The van der Waals surface area contributed by atoms with Gasteiger partial charge < -0.3 is 5.11 Å². The quantitative estimate of drug-likeness (QED) is 0.620. The number of phenols is 1. The summed E-state index contributed by atoms with van der Waals surface area (Å²) >= 11 is 0. The summed E-state index contributed by atoms with van der Waals surface area (Å²) < 4.78 is 0. The van der Waals surface area contributed by atoms with E-state index in [2.05, 4.69) is 61.5 Å². The summed E-state index contributed by atoms with van der Waals surface area (Å²) in [5, 5.41) is 11.1. The van der Waals surface area contributed by atoms with Gasteiger partial charge in [-0.15, -0.1) is 0 Å². The summed E-state index contributed by atoms with van der Waals surface area (Å²) in [5.41, 5.74) is 5.11. The second-order valence-corrected chi connectivity index (χ2v) is 8.99. The van der Waals surface area contributed by atoms with Crippen molar-refractivity contribution in [1.29, 1.82) is 0 Å². The Bertz CT molecular complexity index is 512. The van der Waals surface area contributed by atoms with E-state index < -0.39 is 0 Å². The minimum Gasteiger partial charge on any atom is -0.507 e. The third kappa shape index (κ3) is 4.99. The van der Waals surface area contributed by atoms with Gasteiger partial charge in [0.05, 0.1) is 0 Å². The summed E-state index contributed by atoms with van der Waals surface area (Å²) in [6.07, 6.45) is 7.03. The van der Waals surface area contributed by atoms with Crippen LogP contribution in [0.5, 0.6) is 5.75 Å². The number of aryl methyl sites for hydroxylation is 1. The van der Waals surface area contributed by atoms with Gasteiger partial charge in [0.2, 0.25) is 0 Å². The summed E-state index contributed by atoms with van der Waals surface area (Å²) in [6, 6.07) is 2.30. The van der Waals surface area contributed by atoms with E-state index in [4.69, 9.17) is 0 Å². The highest BCUT2D eigenvalue weighted by atomic mass is 16.3. The predicted molar refractivity (Wildman–Crippen MR) is 103 cm³/mol. The monoisotopic (exact) mass is 318 g/mol. The molecule has 0 spiro atoms. The molecule has 0 bridgehead atoms. The van der Waals surface area contributed by atoms with Gasteiger partial charge in [0.1, 0.15) is 5.75 Å². The molecule has 0 heterocycles. The van der Waals surface area contributed by atoms with Crippen LogP contribution in [0.3, 0.4) is 0 Å². The van der Waals surface area contributed by atoms with Crippen LogP contribution in [0.15, 0.2) is 6.07 Å². The molecule has 0 saturated carbocycles. The van der Waals surface area contributed by atoms with Crippen LogP contribution in [0.1, 0.15) is 103 Å². The number of unbranched alkanes of at least 4 members (excludes halogenated alkanes) is 2. The molecule has 0 fully saturated rings. The van der Waals surface area contributed by atoms with E-state index in [0.29, 0.717) is 5.75 Å². The van der Waals surface area contributed by atoms with Crippen molar-refractivity contribution in [2.75, 3.05) is 0 Å². The van der Waals surface area contributed by atoms with E-state index in [1.807, 2.05) is 0 Å². The number of rotatable bonds is 6. The molecular formula is C22H38O. The van der Waals surface area contributed by atoms with E-state index in [0.717, 1.165) is 18.4 Å². The Hall–Kier alpha value is -0.980. The highest BCUT2D eigenvalue weighted by Crippen LogP contribution is 2.43. The van der Waals surface area contributed by atoms with Gasteiger partial charge in [-0.2, -0.15) is 0 Å². The van der Waals surface area contributed by atoms with Gasteiger partial charge in [0.15, 0.2) is 0 Å². The summed E-state index contributed by atoms with van der Waals surface area (Å²) in [4.78, 5) is 0. The van der Waals surface area contributed by atoms with Gasteiger partial charge in [0.25, 0.3) is 0 Å². The van der Waals surface area contributed by atoms with E-state index in [1.54, 1.807) is 0 Å². The zero-order valence-electron chi connectivity index (χ0n) is 16.8. The van der Waals surface area contributed by atoms with Crippen molar-refractivity contribution in [2.45, 2.75) is 105 Å². The van der Waals surface area contributed by atoms with Gasteiger partial charge in [-0.1, -0.05) is 74.3 Å². The van der Waals surface area contributed by atoms with Crippen molar-refractivity contribution in [3.63, 3.8) is 0 Å². The van der Waals surface area contributed by atoms with Gasteiger partial charge in [-0.25, -0.2) is 0 Å². The van der Waals surface area contributed by atoms with E-state index in [9.17, 15) is 5.11 Å². The Balaban J connectivity index is 3.64. The van der Waals surface area contributed by atoms with Crippen molar-refractivity contribution in [3.8, 4) is 5.75 Å². The SMILES string of the molecule is CCCCc1cc(C(C)(C)C)c(O)c(C(C)(C)C)c1CCCC. The van der Waals surface area contributed by atoms with Crippen molar-refractivity contribution in [2.24, 2.45) is 0 Å². The summed E-state index contributed by atoms with van der Waals surface area (Å²) in [7, 11) is 0. The Morgan fingerprint density at radius 1 is 0.826 bits per heavy atom. The molecule has 0 aliphatic rings. The summed E-state index contributed by atoms with van der Waals surface area (Å²) in [5.74, 6) is 0.538. The lowest BCUT2D eigenvalue weighted by Gasteiger charge is -2.31. The Kier molecular flexibility index (Phi) is 6.74. The molecule has 0 unspecified atom stereocenters. The first-order chi connectivity index (χ1) is 10.5. The maximum atomic E-state index is 11.1. The molecule has 0 aromatic heterocycles. The second-order valence-electron chi connectivity index (χ2n) is 8.99. The lowest BCUT2D eigenvalue weighted by Crippen LogP contribution is -2.21.